The Balaban J connectivity index is 0.000000152. The second kappa shape index (κ2) is 40.4. The summed E-state index contributed by atoms with van der Waals surface area (Å²) in [6, 6.07) is 48.2. The number of nitrogens with one attached hydrogen (secondary N) is 2. The largest absolute Gasteiger partial charge is 0.508 e. The van der Waals surface area contributed by atoms with Crippen molar-refractivity contribution in [2.24, 2.45) is 0 Å². The number of aromatic hydroxyl groups is 1. The van der Waals surface area contributed by atoms with E-state index >= 15 is 0 Å². The quantitative estimate of drug-likeness (QED) is 0.0250. The topological polar surface area (TPSA) is 427 Å². The number of rotatable bonds is 29. The van der Waals surface area contributed by atoms with Gasteiger partial charge in [0.1, 0.15) is 86.4 Å². The van der Waals surface area contributed by atoms with Crippen LogP contribution in [0.1, 0.15) is 80.9 Å². The molecule has 0 bridgehead atoms. The van der Waals surface area contributed by atoms with Crippen LogP contribution in [0, 0.1) is 11.8 Å². The third kappa shape index (κ3) is 18.1. The van der Waals surface area contributed by atoms with Gasteiger partial charge in [0.15, 0.2) is 46.0 Å². The normalized spacial score (nSPS) is 11.3. The van der Waals surface area contributed by atoms with Crippen molar-refractivity contribution in [2.75, 3.05) is 120 Å². The van der Waals surface area contributed by atoms with Crippen LogP contribution in [0.3, 0.4) is 0 Å². The maximum atomic E-state index is 13.9. The average Bonchev–Trinajstić information content (AvgIpc) is 1.53. The van der Waals surface area contributed by atoms with Gasteiger partial charge in [0.25, 0.3) is 10.0 Å². The van der Waals surface area contributed by atoms with Crippen molar-refractivity contribution in [3.05, 3.63) is 244 Å². The van der Waals surface area contributed by atoms with Crippen molar-refractivity contribution in [3.63, 3.8) is 0 Å². The van der Waals surface area contributed by atoms with E-state index in [1.165, 1.54) is 172 Å². The summed E-state index contributed by atoms with van der Waals surface area (Å²) in [5, 5.41) is 43.3. The van der Waals surface area contributed by atoms with E-state index in [2.05, 4.69) is 42.4 Å². The number of aromatic amines is 2. The lowest BCUT2D eigenvalue weighted by atomic mass is 9.94. The third-order valence-corrected chi connectivity index (χ3v) is 24.5. The van der Waals surface area contributed by atoms with Crippen LogP contribution >= 0.6 is 0 Å². The van der Waals surface area contributed by atoms with Crippen LogP contribution in [-0.2, 0) is 33.0 Å². The van der Waals surface area contributed by atoms with E-state index < -0.39 is 31.4 Å². The van der Waals surface area contributed by atoms with Gasteiger partial charge < -0.3 is 90.7 Å². The minimum absolute atomic E-state index is 0.0147. The number of carbonyl (C=O) groups excluding carboxylic acids is 4. The van der Waals surface area contributed by atoms with E-state index in [0.717, 1.165) is 20.6 Å². The Labute approximate surface area is 755 Å². The molecule has 15 aromatic rings. The van der Waals surface area contributed by atoms with Gasteiger partial charge in [0.2, 0.25) is 56.0 Å². The Morgan fingerprint density at radius 1 is 0.432 bits per heavy atom. The number of aliphatic hydroxyl groups excluding tert-OH is 1. The van der Waals surface area contributed by atoms with Gasteiger partial charge in [-0.25, -0.2) is 8.42 Å². The summed E-state index contributed by atoms with van der Waals surface area (Å²) in [5.41, 5.74) is 5.65. The number of ether oxygens (including phenoxy) is 17. The molecule has 0 fully saturated rings. The molecule has 5 heterocycles. The molecular weight excluding hydrogens is 1750 g/mol. The number of phenols is 1. The third-order valence-electron chi connectivity index (χ3n) is 21.0. The van der Waals surface area contributed by atoms with Gasteiger partial charge in [-0.15, -0.1) is 0 Å². The van der Waals surface area contributed by atoms with Gasteiger partial charge in [0.05, 0.1) is 147 Å². The van der Waals surface area contributed by atoms with Gasteiger partial charge in [-0.3, -0.25) is 34.1 Å². The fourth-order valence-electron chi connectivity index (χ4n) is 14.6. The number of nitrogens with zero attached hydrogens (tertiary/aromatic N) is 6. The second-order valence-corrected chi connectivity index (χ2v) is 31.8. The lowest BCUT2D eigenvalue weighted by Crippen LogP contribution is -2.22. The highest BCUT2D eigenvalue weighted by Gasteiger charge is 2.36. The Morgan fingerprint density at radius 2 is 0.879 bits per heavy atom. The van der Waals surface area contributed by atoms with Gasteiger partial charge in [0, 0.05) is 61.5 Å². The monoisotopic (exact) mass is 1840 g/mol. The van der Waals surface area contributed by atoms with Crippen LogP contribution in [0.4, 0.5) is 0 Å². The van der Waals surface area contributed by atoms with Gasteiger partial charge in [-0.2, -0.15) is 32.9 Å². The smallest absolute Gasteiger partial charge is 0.283 e. The number of phenolic OH excluding ortho intramolecular Hbond substituents is 1. The molecule has 1 aliphatic heterocycles. The maximum absolute atomic E-state index is 13.9. The van der Waals surface area contributed by atoms with Gasteiger partial charge >= 0.3 is 0 Å². The zero-order valence-corrected chi connectivity index (χ0v) is 75.7. The first kappa shape index (κ1) is 93.4. The first-order valence-corrected chi connectivity index (χ1v) is 42.5. The molecule has 16 rings (SSSR count). The standard InChI is InChI=1S/C31H28N2O8S.C24H22N2O8S.C21H20N2O6.C19H18N2O5/c1-37-24-15-14-23-27(29(34)20-16-25(38-2)30(40-4)26(17-20)39-3)32-33-28(23)31(24)42(35,36)22-12-10-21(11-13-22)41-18-19-8-6-5-7-9-19;1-31-16-7-10-18-19(13-16)26(35(29,30)17-8-5-15(27)6-9-17)25-22(18)23(28)14-11-20(32-2)24(34-4)21(12-14)33-3;1-26-15-8-7-14-18(13(15)6-5-9-24)22-23-19(14)20(25)12-10-16(27-2)21(29-4)17(11-12)28-3;1-23-10-5-6-11-14(7-10)20-21-9-13-12(17(22)16(11)21)8-15(24-2)19(26-4)18(13)25-3/h5-17H,18H2,1-4H3,(H,32,33);5-13,27H,1-4H3;7-8,10-11,24H,9H2,1-4H3,(H,22,23);5-8H,9H2,1-4H3. The predicted octanol–water partition coefficient (Wildman–Crippen LogP) is 13.3. The van der Waals surface area contributed by atoms with Crippen molar-refractivity contribution in [3.8, 4) is 115 Å². The van der Waals surface area contributed by atoms with E-state index in [0.29, 0.717) is 143 Å². The van der Waals surface area contributed by atoms with E-state index in [9.17, 15) is 41.1 Å². The Kier molecular flexibility index (Phi) is 28.6. The molecule has 37 heteroatoms. The zero-order valence-electron chi connectivity index (χ0n) is 74.0. The number of carbonyl (C=O) groups is 4. The average molecular weight is 1840 g/mol. The molecule has 0 aliphatic carbocycles. The summed E-state index contributed by atoms with van der Waals surface area (Å²) < 4.78 is 149. The summed E-state index contributed by atoms with van der Waals surface area (Å²) in [7, 11) is 15.3. The lowest BCUT2D eigenvalue weighted by molar-refractivity contribution is 0.101. The van der Waals surface area contributed by atoms with Crippen molar-refractivity contribution in [1.82, 2.24) is 39.4 Å². The molecule has 4 aromatic heterocycles. The number of aromatic nitrogens is 8. The molecule has 0 saturated carbocycles. The van der Waals surface area contributed by atoms with Crippen LogP contribution < -0.4 is 80.5 Å². The maximum Gasteiger partial charge on any atom is 0.283 e. The van der Waals surface area contributed by atoms with Crippen LogP contribution in [-0.4, -0.2) is 210 Å². The molecule has 0 spiro atoms. The first-order valence-electron chi connectivity index (χ1n) is 39.6. The second-order valence-electron chi connectivity index (χ2n) is 28.1. The number of H-pyrrole nitrogens is 2. The molecule has 0 radical (unpaired) electrons. The predicted molar refractivity (Wildman–Crippen MR) is 482 cm³/mol. The molecule has 11 aromatic carbocycles. The van der Waals surface area contributed by atoms with Crippen molar-refractivity contribution in [1.29, 1.82) is 0 Å². The van der Waals surface area contributed by atoms with Crippen LogP contribution in [0.2, 0.25) is 0 Å². The Morgan fingerprint density at radius 3 is 1.37 bits per heavy atom. The molecule has 35 nitrogen and oxygen atoms in total. The first-order chi connectivity index (χ1) is 63.8. The summed E-state index contributed by atoms with van der Waals surface area (Å²) in [4.78, 5) is 53.4. The van der Waals surface area contributed by atoms with E-state index in [4.69, 9.17) is 85.6 Å². The van der Waals surface area contributed by atoms with E-state index in [1.807, 2.05) is 48.5 Å². The van der Waals surface area contributed by atoms with E-state index in [-0.39, 0.29) is 95.1 Å². The van der Waals surface area contributed by atoms with Crippen LogP contribution in [0.25, 0.3) is 43.6 Å². The number of sulfone groups is 1. The summed E-state index contributed by atoms with van der Waals surface area (Å²) >= 11 is 0. The fourth-order valence-corrected chi connectivity index (χ4v) is 17.5. The lowest BCUT2D eigenvalue weighted by Gasteiger charge is -2.23. The minimum atomic E-state index is -4.22. The molecular formula is C95H88N8O27S2. The molecule has 0 unspecified atom stereocenters. The molecule has 0 amide bonds. The molecule has 1 aliphatic rings. The Bertz CT molecular complexity index is 7150. The number of fused-ring (bicyclic) bond motifs is 7. The van der Waals surface area contributed by atoms with Crippen molar-refractivity contribution < 1.29 is 127 Å². The van der Waals surface area contributed by atoms with Crippen LogP contribution in [0.5, 0.6) is 103 Å². The van der Waals surface area contributed by atoms with Crippen LogP contribution in [0.15, 0.2) is 197 Å². The number of hydrogen-bond acceptors (Lipinski definition) is 31. The SMILES string of the molecule is COc1cc(C(=O)c2[nH]nc3c(C#CCO)c(OC)ccc23)cc(OC)c1OC.COc1cc(C(=O)c2[nH]nc3c(S(=O)(=O)c4ccc(OCc5ccccc5)cc4)c(OC)ccc23)cc(OC)c1OC.COc1ccc2c(C(=O)c3cc(OC)c(OC)c(OC)c3)nn(S(=O)(=O)c3ccc(O)cc3)c2c1.COc1ccc2c3n(nc2c1)Cc1c(cc(OC)c(OC)c1OC)C3=O. The summed E-state index contributed by atoms with van der Waals surface area (Å²) in [6.07, 6.45) is 0. The molecule has 132 heavy (non-hydrogen) atoms. The highest BCUT2D eigenvalue weighted by molar-refractivity contribution is 7.92. The number of aliphatic hydroxyl groups is 1. The number of hydrogen-bond donors (Lipinski definition) is 4. The number of ketones is 4. The molecule has 0 atom stereocenters. The minimum Gasteiger partial charge on any atom is -0.508 e. The summed E-state index contributed by atoms with van der Waals surface area (Å²) in [6.45, 7) is 0.439. The number of benzene rings is 11. The molecule has 0 saturated heterocycles. The fraction of sp³-hybridized carbons (Fsp3) is 0.200. The summed E-state index contributed by atoms with van der Waals surface area (Å²) in [5.74, 6) is 10.3. The zero-order chi connectivity index (χ0) is 94.6. The van der Waals surface area contributed by atoms with Crippen molar-refractivity contribution >= 4 is 86.6 Å². The Hall–Kier alpha value is -16.2. The van der Waals surface area contributed by atoms with Crippen molar-refractivity contribution in [2.45, 2.75) is 27.8 Å². The highest BCUT2D eigenvalue weighted by Crippen LogP contribution is 2.48. The number of methoxy groups -OCH3 is 16. The molecule has 682 valence electrons. The van der Waals surface area contributed by atoms with E-state index in [1.54, 1.807) is 79.6 Å². The molecule has 4 N–H and O–H groups in total. The van der Waals surface area contributed by atoms with Gasteiger partial charge in [-0.05, 0) is 145 Å². The highest BCUT2D eigenvalue weighted by atomic mass is 32.2. The van der Waals surface area contributed by atoms with Gasteiger partial charge in [-0.1, -0.05) is 42.2 Å².